The SMILES string of the molecule is C=C(C)C(=O)OCCOC(=O)C(F)(F)CC(F)(F)C(=O)OC1CC2CCC1C2. The lowest BCUT2D eigenvalue weighted by molar-refractivity contribution is -0.201. The van der Waals surface area contributed by atoms with Crippen molar-refractivity contribution < 1.29 is 46.2 Å². The third-order valence-electron chi connectivity index (χ3n) is 4.87. The number of carbonyl (C=O) groups is 3. The summed E-state index contributed by atoms with van der Waals surface area (Å²) in [6.45, 7) is 3.33. The molecule has 158 valence electrons. The fourth-order valence-corrected chi connectivity index (χ4v) is 3.48. The van der Waals surface area contributed by atoms with E-state index in [0.717, 1.165) is 19.3 Å². The topological polar surface area (TPSA) is 78.9 Å². The molecule has 10 heteroatoms. The van der Waals surface area contributed by atoms with Crippen molar-refractivity contribution in [3.05, 3.63) is 12.2 Å². The molecule has 2 aliphatic rings. The molecule has 0 spiro atoms. The zero-order valence-corrected chi connectivity index (χ0v) is 15.4. The molecule has 2 rings (SSSR count). The maximum absolute atomic E-state index is 13.9. The molecule has 0 aromatic carbocycles. The van der Waals surface area contributed by atoms with Crippen LogP contribution in [-0.4, -0.2) is 49.1 Å². The van der Waals surface area contributed by atoms with Gasteiger partial charge < -0.3 is 14.2 Å². The van der Waals surface area contributed by atoms with Crippen LogP contribution in [0.3, 0.4) is 0 Å². The van der Waals surface area contributed by atoms with Crippen LogP contribution in [0.2, 0.25) is 0 Å². The first-order chi connectivity index (χ1) is 12.9. The molecule has 0 saturated heterocycles. The van der Waals surface area contributed by atoms with E-state index < -0.39 is 55.5 Å². The van der Waals surface area contributed by atoms with Crippen LogP contribution in [0.4, 0.5) is 17.6 Å². The van der Waals surface area contributed by atoms with Gasteiger partial charge in [-0.2, -0.15) is 17.6 Å². The quantitative estimate of drug-likeness (QED) is 0.191. The van der Waals surface area contributed by atoms with E-state index >= 15 is 0 Å². The Morgan fingerprint density at radius 1 is 0.964 bits per heavy atom. The molecule has 2 saturated carbocycles. The highest BCUT2D eigenvalue weighted by molar-refractivity contribution is 5.87. The average molecular weight is 410 g/mol. The zero-order chi connectivity index (χ0) is 21.1. The van der Waals surface area contributed by atoms with Crippen LogP contribution in [0, 0.1) is 11.8 Å². The van der Waals surface area contributed by atoms with Crippen LogP contribution in [0.1, 0.15) is 39.0 Å². The van der Waals surface area contributed by atoms with Crippen LogP contribution in [0.5, 0.6) is 0 Å². The molecule has 0 radical (unpaired) electrons. The number of alkyl halides is 4. The summed E-state index contributed by atoms with van der Waals surface area (Å²) in [7, 11) is 0. The lowest BCUT2D eigenvalue weighted by atomic mass is 9.97. The number of halogens is 4. The Morgan fingerprint density at radius 2 is 1.57 bits per heavy atom. The molecule has 0 heterocycles. The van der Waals surface area contributed by atoms with Crippen molar-refractivity contribution >= 4 is 17.9 Å². The molecule has 3 unspecified atom stereocenters. The van der Waals surface area contributed by atoms with Gasteiger partial charge in [-0.25, -0.2) is 14.4 Å². The smallest absolute Gasteiger partial charge is 0.377 e. The van der Waals surface area contributed by atoms with Crippen LogP contribution >= 0.6 is 0 Å². The summed E-state index contributed by atoms with van der Waals surface area (Å²) in [6.07, 6.45) is -0.117. The van der Waals surface area contributed by atoms with Gasteiger partial charge in [0.05, 0.1) is 6.42 Å². The lowest BCUT2D eigenvalue weighted by Crippen LogP contribution is -2.44. The predicted molar refractivity (Wildman–Crippen MR) is 86.6 cm³/mol. The fourth-order valence-electron chi connectivity index (χ4n) is 3.48. The van der Waals surface area contributed by atoms with Crippen molar-refractivity contribution in [1.82, 2.24) is 0 Å². The van der Waals surface area contributed by atoms with Crippen molar-refractivity contribution in [3.63, 3.8) is 0 Å². The summed E-state index contributed by atoms with van der Waals surface area (Å²) < 4.78 is 68.8. The molecule has 2 aliphatic carbocycles. The molecule has 0 aliphatic heterocycles. The number of fused-ring (bicyclic) bond motifs is 2. The fraction of sp³-hybridized carbons (Fsp3) is 0.722. The summed E-state index contributed by atoms with van der Waals surface area (Å²) in [5.41, 5.74) is 0.0466. The van der Waals surface area contributed by atoms with E-state index in [0.29, 0.717) is 12.3 Å². The van der Waals surface area contributed by atoms with E-state index in [1.165, 1.54) is 6.92 Å². The van der Waals surface area contributed by atoms with Crippen molar-refractivity contribution in [3.8, 4) is 0 Å². The number of hydrogen-bond donors (Lipinski definition) is 0. The maximum Gasteiger partial charge on any atom is 0.377 e. The third kappa shape index (κ3) is 5.45. The molecular formula is C18H22F4O6. The number of ether oxygens (including phenoxy) is 3. The molecule has 3 atom stereocenters. The van der Waals surface area contributed by atoms with Crippen molar-refractivity contribution in [2.45, 2.75) is 57.0 Å². The van der Waals surface area contributed by atoms with Gasteiger partial charge >= 0.3 is 29.8 Å². The highest BCUT2D eigenvalue weighted by Gasteiger charge is 2.56. The normalized spacial score (nSPS) is 24.0. The van der Waals surface area contributed by atoms with E-state index in [1.807, 2.05) is 0 Å². The number of esters is 3. The van der Waals surface area contributed by atoms with Crippen LogP contribution in [0.25, 0.3) is 0 Å². The van der Waals surface area contributed by atoms with Gasteiger partial charge in [-0.05, 0) is 44.4 Å². The monoisotopic (exact) mass is 410 g/mol. The minimum absolute atomic E-state index is 0.0165. The van der Waals surface area contributed by atoms with Crippen molar-refractivity contribution in [1.29, 1.82) is 0 Å². The molecule has 0 amide bonds. The Balaban J connectivity index is 1.81. The molecule has 2 fully saturated rings. The summed E-state index contributed by atoms with van der Waals surface area (Å²) in [5, 5.41) is 0. The van der Waals surface area contributed by atoms with Gasteiger partial charge in [0, 0.05) is 5.57 Å². The Morgan fingerprint density at radius 3 is 2.11 bits per heavy atom. The van der Waals surface area contributed by atoms with Crippen LogP contribution in [0.15, 0.2) is 12.2 Å². The second kappa shape index (κ2) is 8.48. The van der Waals surface area contributed by atoms with E-state index in [2.05, 4.69) is 16.1 Å². The standard InChI is InChI=1S/C18H22F4O6/c1-10(2)14(23)26-5-6-27-15(24)17(19,20)9-18(21,22)16(25)28-13-8-11-3-4-12(13)7-11/h11-13H,1,3-9H2,2H3. The second-order valence-corrected chi connectivity index (χ2v) is 7.26. The molecule has 2 bridgehead atoms. The van der Waals surface area contributed by atoms with Gasteiger partial charge in [-0.15, -0.1) is 0 Å². The summed E-state index contributed by atoms with van der Waals surface area (Å²) in [4.78, 5) is 34.1. The van der Waals surface area contributed by atoms with Crippen LogP contribution in [-0.2, 0) is 28.6 Å². The molecular weight excluding hydrogens is 388 g/mol. The largest absolute Gasteiger partial charge is 0.459 e. The molecule has 6 nitrogen and oxygen atoms in total. The van der Waals surface area contributed by atoms with E-state index in [9.17, 15) is 31.9 Å². The van der Waals surface area contributed by atoms with Crippen molar-refractivity contribution in [2.75, 3.05) is 13.2 Å². The molecule has 0 N–H and O–H groups in total. The number of hydrogen-bond acceptors (Lipinski definition) is 6. The van der Waals surface area contributed by atoms with Gasteiger partial charge in [0.2, 0.25) is 0 Å². The first-order valence-corrected chi connectivity index (χ1v) is 8.89. The van der Waals surface area contributed by atoms with Gasteiger partial charge in [-0.1, -0.05) is 6.58 Å². The summed E-state index contributed by atoms with van der Waals surface area (Å²) in [6, 6.07) is 0. The first-order valence-electron chi connectivity index (χ1n) is 8.89. The Kier molecular flexibility index (Phi) is 6.71. The second-order valence-electron chi connectivity index (χ2n) is 7.26. The average Bonchev–Trinajstić information content (AvgIpc) is 3.20. The lowest BCUT2D eigenvalue weighted by Gasteiger charge is -2.26. The van der Waals surface area contributed by atoms with Gasteiger partial charge in [0.25, 0.3) is 0 Å². The number of rotatable bonds is 9. The van der Waals surface area contributed by atoms with Gasteiger partial charge in [0.1, 0.15) is 19.3 Å². The van der Waals surface area contributed by atoms with E-state index in [-0.39, 0.29) is 11.5 Å². The molecule has 28 heavy (non-hydrogen) atoms. The third-order valence-corrected chi connectivity index (χ3v) is 4.87. The maximum atomic E-state index is 13.9. The summed E-state index contributed by atoms with van der Waals surface area (Å²) in [5.74, 6) is -14.0. The Labute approximate surface area is 159 Å². The van der Waals surface area contributed by atoms with Crippen LogP contribution < -0.4 is 0 Å². The Bertz CT molecular complexity index is 648. The van der Waals surface area contributed by atoms with E-state index in [1.54, 1.807) is 0 Å². The minimum Gasteiger partial charge on any atom is -0.459 e. The zero-order valence-electron chi connectivity index (χ0n) is 15.4. The molecule has 0 aromatic heterocycles. The number of carbonyl (C=O) groups excluding carboxylic acids is 3. The van der Waals surface area contributed by atoms with Gasteiger partial charge in [-0.3, -0.25) is 0 Å². The molecule has 0 aromatic rings. The predicted octanol–water partition coefficient (Wildman–Crippen LogP) is 3.04. The van der Waals surface area contributed by atoms with Crippen molar-refractivity contribution in [2.24, 2.45) is 11.8 Å². The summed E-state index contributed by atoms with van der Waals surface area (Å²) >= 11 is 0. The van der Waals surface area contributed by atoms with E-state index in [4.69, 9.17) is 4.74 Å². The minimum atomic E-state index is -4.62. The highest BCUT2D eigenvalue weighted by atomic mass is 19.3. The Hall–Kier alpha value is -2.13. The van der Waals surface area contributed by atoms with Gasteiger partial charge in [0.15, 0.2) is 0 Å². The first kappa shape index (κ1) is 22.2. The highest BCUT2D eigenvalue weighted by Crippen LogP contribution is 2.46.